The van der Waals surface area contributed by atoms with E-state index in [9.17, 15) is 8.78 Å². The molecule has 1 spiro atoms. The van der Waals surface area contributed by atoms with Gasteiger partial charge in [0.2, 0.25) is 0 Å². The number of hydrogen-bond donors (Lipinski definition) is 1. The summed E-state index contributed by atoms with van der Waals surface area (Å²) in [6.45, 7) is 8.25. The number of hydrogen-bond acceptors (Lipinski definition) is 2. The van der Waals surface area contributed by atoms with E-state index in [0.717, 1.165) is 19.5 Å². The van der Waals surface area contributed by atoms with Crippen LogP contribution < -0.4 is 5.32 Å². The average molecular weight is 274 g/mol. The minimum absolute atomic E-state index is 0.0163. The first-order valence-corrected chi connectivity index (χ1v) is 7.67. The van der Waals surface area contributed by atoms with Crippen molar-refractivity contribution < 1.29 is 8.78 Å². The lowest BCUT2D eigenvalue weighted by Crippen LogP contribution is -2.67. The van der Waals surface area contributed by atoms with Crippen molar-refractivity contribution in [3.63, 3.8) is 0 Å². The Kier molecular flexibility index (Phi) is 3.96. The Morgan fingerprint density at radius 1 is 1.16 bits per heavy atom. The first kappa shape index (κ1) is 15.2. The van der Waals surface area contributed by atoms with Crippen molar-refractivity contribution in [3.8, 4) is 0 Å². The summed E-state index contributed by atoms with van der Waals surface area (Å²) in [5, 5.41) is 3.53. The van der Waals surface area contributed by atoms with E-state index in [-0.39, 0.29) is 18.4 Å². The fourth-order valence-corrected chi connectivity index (χ4v) is 4.13. The summed E-state index contributed by atoms with van der Waals surface area (Å²) in [6, 6.07) is 0.466. The highest BCUT2D eigenvalue weighted by Gasteiger charge is 2.58. The molecular weight excluding hydrogens is 246 g/mol. The largest absolute Gasteiger partial charge is 0.308 e. The van der Waals surface area contributed by atoms with Crippen LogP contribution in [0.3, 0.4) is 0 Å². The maximum atomic E-state index is 13.0. The lowest BCUT2D eigenvalue weighted by molar-refractivity contribution is -0.139. The zero-order valence-corrected chi connectivity index (χ0v) is 12.7. The first-order valence-electron chi connectivity index (χ1n) is 7.67. The van der Waals surface area contributed by atoms with Crippen LogP contribution in [0, 0.1) is 5.41 Å². The van der Waals surface area contributed by atoms with Crippen molar-refractivity contribution in [3.05, 3.63) is 0 Å². The molecule has 1 heterocycles. The molecule has 0 aromatic rings. The third-order valence-corrected chi connectivity index (χ3v) is 5.07. The van der Waals surface area contributed by atoms with Gasteiger partial charge in [0.1, 0.15) is 0 Å². The second kappa shape index (κ2) is 4.96. The van der Waals surface area contributed by atoms with Crippen LogP contribution in [0.1, 0.15) is 52.9 Å². The van der Waals surface area contributed by atoms with Crippen molar-refractivity contribution >= 4 is 0 Å². The summed E-state index contributed by atoms with van der Waals surface area (Å²) < 4.78 is 26.0. The molecule has 0 radical (unpaired) electrons. The van der Waals surface area contributed by atoms with E-state index in [1.165, 1.54) is 12.8 Å². The van der Waals surface area contributed by atoms with Gasteiger partial charge in [-0.05, 0) is 45.2 Å². The first-order chi connectivity index (χ1) is 8.83. The van der Waals surface area contributed by atoms with Gasteiger partial charge in [0.15, 0.2) is 0 Å². The normalized spacial score (nSPS) is 39.2. The molecule has 2 atom stereocenters. The van der Waals surface area contributed by atoms with Gasteiger partial charge in [0.25, 0.3) is 5.92 Å². The Labute approximate surface area is 115 Å². The van der Waals surface area contributed by atoms with E-state index >= 15 is 0 Å². The Balaban J connectivity index is 0.000000637. The van der Waals surface area contributed by atoms with E-state index in [2.05, 4.69) is 17.3 Å². The van der Waals surface area contributed by atoms with E-state index in [1.807, 2.05) is 20.8 Å². The number of nitrogens with one attached hydrogen (secondary N) is 1. The van der Waals surface area contributed by atoms with Crippen molar-refractivity contribution in [2.24, 2.45) is 5.41 Å². The Bertz CT molecular complexity index is 324. The zero-order valence-electron chi connectivity index (χ0n) is 12.7. The van der Waals surface area contributed by atoms with Gasteiger partial charge in [-0.2, -0.15) is 0 Å². The predicted molar refractivity (Wildman–Crippen MR) is 74.6 cm³/mol. The number of likely N-dealkylation sites (tertiary alicyclic amines) is 1. The van der Waals surface area contributed by atoms with E-state index in [1.54, 1.807) is 0 Å². The lowest BCUT2D eigenvalue weighted by atomic mass is 9.62. The topological polar surface area (TPSA) is 15.3 Å². The fraction of sp³-hybridized carbons (Fsp3) is 1.00. The van der Waals surface area contributed by atoms with Crippen LogP contribution in [0.4, 0.5) is 8.78 Å². The van der Waals surface area contributed by atoms with Crippen LogP contribution in [0.5, 0.6) is 0 Å². The van der Waals surface area contributed by atoms with Gasteiger partial charge in [-0.15, -0.1) is 0 Å². The number of nitrogens with zero attached hydrogens (tertiary/aromatic N) is 1. The van der Waals surface area contributed by atoms with Crippen LogP contribution in [0.15, 0.2) is 0 Å². The molecular formula is C15H28F2N2. The predicted octanol–water partition coefficient (Wildman–Crippen LogP) is 3.27. The van der Waals surface area contributed by atoms with Gasteiger partial charge in [-0.3, -0.25) is 0 Å². The van der Waals surface area contributed by atoms with Gasteiger partial charge >= 0.3 is 0 Å². The van der Waals surface area contributed by atoms with Crippen LogP contribution in [0.2, 0.25) is 0 Å². The van der Waals surface area contributed by atoms with E-state index < -0.39 is 5.92 Å². The van der Waals surface area contributed by atoms with Gasteiger partial charge in [-0.1, -0.05) is 13.8 Å². The van der Waals surface area contributed by atoms with Gasteiger partial charge in [0.05, 0.1) is 0 Å². The molecule has 3 rings (SSSR count). The van der Waals surface area contributed by atoms with E-state index in [4.69, 9.17) is 0 Å². The van der Waals surface area contributed by atoms with Crippen molar-refractivity contribution in [1.82, 2.24) is 10.2 Å². The highest BCUT2D eigenvalue weighted by atomic mass is 19.3. The van der Waals surface area contributed by atoms with Crippen LogP contribution in [0.25, 0.3) is 0 Å². The van der Waals surface area contributed by atoms with Crippen molar-refractivity contribution in [2.75, 3.05) is 20.1 Å². The van der Waals surface area contributed by atoms with Crippen LogP contribution >= 0.6 is 0 Å². The second-order valence-corrected chi connectivity index (χ2v) is 6.86. The average Bonchev–Trinajstić information content (AvgIpc) is 2.70. The molecule has 0 bridgehead atoms. The smallest absolute Gasteiger partial charge is 0.251 e. The summed E-state index contributed by atoms with van der Waals surface area (Å²) in [7, 11) is 2.16. The molecule has 0 aromatic carbocycles. The Morgan fingerprint density at radius 2 is 1.79 bits per heavy atom. The van der Waals surface area contributed by atoms with E-state index in [0.29, 0.717) is 11.5 Å². The molecule has 1 aliphatic heterocycles. The molecule has 3 fully saturated rings. The summed E-state index contributed by atoms with van der Waals surface area (Å²) in [5.74, 6) is -2.43. The van der Waals surface area contributed by atoms with Crippen molar-refractivity contribution in [1.29, 1.82) is 0 Å². The molecule has 0 amide bonds. The summed E-state index contributed by atoms with van der Waals surface area (Å²) in [6.07, 6.45) is 3.69. The van der Waals surface area contributed by atoms with Gasteiger partial charge in [-0.25, -0.2) is 8.78 Å². The molecule has 2 aliphatic carbocycles. The van der Waals surface area contributed by atoms with Gasteiger partial charge in [0, 0.05) is 31.0 Å². The quantitative estimate of drug-likeness (QED) is 0.831. The van der Waals surface area contributed by atoms with Crippen LogP contribution in [-0.2, 0) is 0 Å². The lowest BCUT2D eigenvalue weighted by Gasteiger charge is -2.55. The fourth-order valence-electron chi connectivity index (χ4n) is 4.13. The SMILES string of the molecule is CC.CN1CCC2(CCC2NC2(C)CC(F)(F)C2)C1. The molecule has 0 aromatic heterocycles. The molecule has 112 valence electrons. The Hall–Kier alpha value is -0.220. The molecule has 19 heavy (non-hydrogen) atoms. The van der Waals surface area contributed by atoms with Crippen LogP contribution in [-0.4, -0.2) is 42.5 Å². The maximum Gasteiger partial charge on any atom is 0.251 e. The number of alkyl halides is 2. The zero-order chi connectivity index (χ0) is 14.3. The molecule has 2 saturated carbocycles. The standard InChI is InChI=1S/C13H22F2N2.C2H6/c1-11(7-13(14,15)8-11)16-10-3-4-12(10)5-6-17(2)9-12;1-2/h10,16H,3-9H2,1-2H3;1-2H3. The number of halogens is 2. The molecule has 4 heteroatoms. The molecule has 1 saturated heterocycles. The summed E-state index contributed by atoms with van der Waals surface area (Å²) in [4.78, 5) is 2.37. The minimum atomic E-state index is -2.43. The summed E-state index contributed by atoms with van der Waals surface area (Å²) >= 11 is 0. The monoisotopic (exact) mass is 274 g/mol. The molecule has 1 N–H and O–H groups in total. The second-order valence-electron chi connectivity index (χ2n) is 6.86. The highest BCUT2D eigenvalue weighted by molar-refractivity contribution is 5.11. The van der Waals surface area contributed by atoms with Crippen molar-refractivity contribution in [2.45, 2.75) is 70.4 Å². The molecule has 3 aliphatic rings. The molecule has 2 unspecified atom stereocenters. The molecule has 2 nitrogen and oxygen atoms in total. The number of rotatable bonds is 2. The minimum Gasteiger partial charge on any atom is -0.308 e. The van der Waals surface area contributed by atoms with Gasteiger partial charge < -0.3 is 10.2 Å². The Morgan fingerprint density at radius 3 is 2.16 bits per heavy atom. The third-order valence-electron chi connectivity index (χ3n) is 5.07. The summed E-state index contributed by atoms with van der Waals surface area (Å²) in [5.41, 5.74) is 0.0748. The highest BCUT2D eigenvalue weighted by Crippen LogP contribution is 2.52. The maximum absolute atomic E-state index is 13.0. The third kappa shape index (κ3) is 2.80.